The summed E-state index contributed by atoms with van der Waals surface area (Å²) in [4.78, 5) is 21.1. The topological polar surface area (TPSA) is 80.4 Å². The van der Waals surface area contributed by atoms with E-state index in [-0.39, 0.29) is 11.8 Å². The zero-order valence-corrected chi connectivity index (χ0v) is 8.28. The lowest BCUT2D eigenvalue weighted by Gasteiger charge is -2.27. The van der Waals surface area contributed by atoms with Crippen LogP contribution in [0.4, 0.5) is 0 Å². The van der Waals surface area contributed by atoms with Crippen LogP contribution in [0.3, 0.4) is 0 Å². The van der Waals surface area contributed by atoms with Gasteiger partial charge in [-0.2, -0.15) is 0 Å². The van der Waals surface area contributed by atoms with Crippen molar-refractivity contribution in [1.29, 1.82) is 0 Å². The Balaban J connectivity index is 4.45. The molecule has 0 aromatic rings. The fraction of sp³-hybridized carbons (Fsp3) is 0.778. The zero-order valence-electron chi connectivity index (χ0n) is 8.28. The summed E-state index contributed by atoms with van der Waals surface area (Å²) in [6, 6.07) is -0.680. The molecule has 0 aliphatic heterocycles. The Hall–Kier alpha value is -0.900. The van der Waals surface area contributed by atoms with E-state index >= 15 is 0 Å². The van der Waals surface area contributed by atoms with E-state index in [0.29, 0.717) is 6.29 Å². The molecule has 0 fully saturated rings. The second kappa shape index (κ2) is 4.37. The molecule has 0 rings (SSSR count). The molecular formula is C9H17NO3. The van der Waals surface area contributed by atoms with Crippen molar-refractivity contribution in [1.82, 2.24) is 0 Å². The van der Waals surface area contributed by atoms with Gasteiger partial charge in [0.05, 0.1) is 12.0 Å². The molecule has 4 heteroatoms. The van der Waals surface area contributed by atoms with Gasteiger partial charge in [0.15, 0.2) is 0 Å². The highest BCUT2D eigenvalue weighted by atomic mass is 16.4. The third-order valence-corrected chi connectivity index (χ3v) is 2.03. The van der Waals surface area contributed by atoms with Crippen molar-refractivity contribution in [2.75, 3.05) is 0 Å². The van der Waals surface area contributed by atoms with Gasteiger partial charge in [-0.25, -0.2) is 0 Å². The van der Waals surface area contributed by atoms with Crippen LogP contribution in [0.1, 0.15) is 27.2 Å². The minimum absolute atomic E-state index is 0.197. The van der Waals surface area contributed by atoms with E-state index in [1.807, 2.05) is 20.8 Å². The highest BCUT2D eigenvalue weighted by molar-refractivity contribution is 5.72. The van der Waals surface area contributed by atoms with Crippen LogP contribution in [-0.2, 0) is 9.59 Å². The maximum absolute atomic E-state index is 10.8. The Morgan fingerprint density at radius 3 is 2.23 bits per heavy atom. The Labute approximate surface area is 78.1 Å². The van der Waals surface area contributed by atoms with E-state index in [9.17, 15) is 9.59 Å². The number of aldehydes is 1. The average Bonchev–Trinajstić information content (AvgIpc) is 1.96. The quantitative estimate of drug-likeness (QED) is 0.633. The first-order valence-corrected chi connectivity index (χ1v) is 4.22. The highest BCUT2D eigenvalue weighted by Crippen LogP contribution is 2.29. The minimum atomic E-state index is -0.898. The molecule has 13 heavy (non-hydrogen) atoms. The molecular weight excluding hydrogens is 170 g/mol. The second-order valence-corrected chi connectivity index (χ2v) is 4.29. The molecule has 0 saturated carbocycles. The van der Waals surface area contributed by atoms with Gasteiger partial charge in [-0.3, -0.25) is 4.79 Å². The van der Waals surface area contributed by atoms with Gasteiger partial charge in [0.2, 0.25) is 0 Å². The number of rotatable bonds is 4. The molecule has 0 bridgehead atoms. The lowest BCUT2D eigenvalue weighted by molar-refractivity contribution is -0.146. The van der Waals surface area contributed by atoms with Crippen molar-refractivity contribution in [3.05, 3.63) is 0 Å². The molecule has 76 valence electrons. The van der Waals surface area contributed by atoms with Gasteiger partial charge < -0.3 is 15.6 Å². The number of carboxylic acids is 1. The van der Waals surface area contributed by atoms with Gasteiger partial charge in [-0.05, 0) is 11.8 Å². The number of carboxylic acid groups (broad SMARTS) is 1. The Morgan fingerprint density at radius 1 is 1.54 bits per heavy atom. The summed E-state index contributed by atoms with van der Waals surface area (Å²) in [6.45, 7) is 5.47. The van der Waals surface area contributed by atoms with Crippen molar-refractivity contribution in [2.45, 2.75) is 33.2 Å². The summed E-state index contributed by atoms with van der Waals surface area (Å²) in [6.07, 6.45) is 0.782. The van der Waals surface area contributed by atoms with Crippen LogP contribution in [0.2, 0.25) is 0 Å². The van der Waals surface area contributed by atoms with Crippen molar-refractivity contribution in [3.8, 4) is 0 Å². The first-order chi connectivity index (χ1) is 5.79. The van der Waals surface area contributed by atoms with Crippen LogP contribution in [-0.4, -0.2) is 23.4 Å². The van der Waals surface area contributed by atoms with E-state index in [4.69, 9.17) is 10.8 Å². The number of carbonyl (C=O) groups excluding carboxylic acids is 1. The first kappa shape index (κ1) is 12.1. The molecule has 4 nitrogen and oxygen atoms in total. The number of hydrogen-bond acceptors (Lipinski definition) is 3. The maximum Gasteiger partial charge on any atom is 0.307 e. The number of hydrogen-bond donors (Lipinski definition) is 2. The van der Waals surface area contributed by atoms with Crippen molar-refractivity contribution >= 4 is 12.3 Å². The highest BCUT2D eigenvalue weighted by Gasteiger charge is 2.32. The van der Waals surface area contributed by atoms with E-state index in [2.05, 4.69) is 0 Å². The van der Waals surface area contributed by atoms with Crippen LogP contribution >= 0.6 is 0 Å². The molecule has 0 radical (unpaired) electrons. The monoisotopic (exact) mass is 187 g/mol. The van der Waals surface area contributed by atoms with Crippen LogP contribution in [0, 0.1) is 11.3 Å². The fourth-order valence-electron chi connectivity index (χ4n) is 1.15. The maximum atomic E-state index is 10.8. The summed E-state index contributed by atoms with van der Waals surface area (Å²) in [5.41, 5.74) is 5.01. The van der Waals surface area contributed by atoms with Crippen LogP contribution in [0.15, 0.2) is 0 Å². The standard InChI is InChI=1S/C9H17NO3/c1-9(2,3)7(8(12)13)4-6(10)5-11/h5-7H,4,10H2,1-3H3,(H,12,13)/t6-,7?/m0/s1. The summed E-state index contributed by atoms with van der Waals surface area (Å²) in [5, 5.41) is 8.88. The van der Waals surface area contributed by atoms with Gasteiger partial charge in [0.25, 0.3) is 0 Å². The largest absolute Gasteiger partial charge is 0.481 e. The zero-order chi connectivity index (χ0) is 10.6. The molecule has 0 spiro atoms. The van der Waals surface area contributed by atoms with E-state index in [0.717, 1.165) is 0 Å². The fourth-order valence-corrected chi connectivity index (χ4v) is 1.15. The molecule has 0 aromatic heterocycles. The van der Waals surface area contributed by atoms with Crippen molar-refractivity contribution in [2.24, 2.45) is 17.1 Å². The summed E-state index contributed by atoms with van der Waals surface area (Å²) in [5.74, 6) is -1.47. The Kier molecular flexibility index (Phi) is 4.07. The number of carbonyl (C=O) groups is 2. The smallest absolute Gasteiger partial charge is 0.307 e. The van der Waals surface area contributed by atoms with Gasteiger partial charge in [-0.15, -0.1) is 0 Å². The molecule has 3 N–H and O–H groups in total. The summed E-state index contributed by atoms with van der Waals surface area (Å²) >= 11 is 0. The van der Waals surface area contributed by atoms with Crippen LogP contribution in [0.5, 0.6) is 0 Å². The Morgan fingerprint density at radius 2 is 2.00 bits per heavy atom. The van der Waals surface area contributed by atoms with Crippen molar-refractivity contribution in [3.63, 3.8) is 0 Å². The van der Waals surface area contributed by atoms with Gasteiger partial charge in [0, 0.05) is 0 Å². The van der Waals surface area contributed by atoms with Crippen LogP contribution < -0.4 is 5.73 Å². The molecule has 0 amide bonds. The summed E-state index contributed by atoms with van der Waals surface area (Å²) < 4.78 is 0. The first-order valence-electron chi connectivity index (χ1n) is 4.22. The molecule has 0 heterocycles. The predicted octanol–water partition coefficient (Wildman–Crippen LogP) is 0.650. The third kappa shape index (κ3) is 4.03. The molecule has 0 aliphatic carbocycles. The number of aliphatic carboxylic acids is 1. The van der Waals surface area contributed by atoms with E-state index < -0.39 is 17.9 Å². The van der Waals surface area contributed by atoms with E-state index in [1.165, 1.54) is 0 Å². The third-order valence-electron chi connectivity index (χ3n) is 2.03. The normalized spacial score (nSPS) is 16.3. The summed E-state index contributed by atoms with van der Waals surface area (Å²) in [7, 11) is 0. The van der Waals surface area contributed by atoms with E-state index in [1.54, 1.807) is 0 Å². The lowest BCUT2D eigenvalue weighted by atomic mass is 9.77. The molecule has 0 saturated heterocycles. The van der Waals surface area contributed by atoms with Crippen molar-refractivity contribution < 1.29 is 14.7 Å². The lowest BCUT2D eigenvalue weighted by Crippen LogP contribution is -2.35. The Bertz CT molecular complexity index is 196. The predicted molar refractivity (Wildman–Crippen MR) is 49.2 cm³/mol. The van der Waals surface area contributed by atoms with Gasteiger partial charge >= 0.3 is 5.97 Å². The SMILES string of the molecule is CC(C)(C)C(C[C@H](N)C=O)C(=O)O. The van der Waals surface area contributed by atoms with Gasteiger partial charge in [0.1, 0.15) is 6.29 Å². The molecule has 2 atom stereocenters. The molecule has 0 aromatic carbocycles. The van der Waals surface area contributed by atoms with Gasteiger partial charge in [-0.1, -0.05) is 20.8 Å². The molecule has 0 aliphatic rings. The average molecular weight is 187 g/mol. The number of nitrogens with two attached hydrogens (primary N) is 1. The second-order valence-electron chi connectivity index (χ2n) is 4.29. The molecule has 1 unspecified atom stereocenters. The van der Waals surface area contributed by atoms with Crippen LogP contribution in [0.25, 0.3) is 0 Å². The minimum Gasteiger partial charge on any atom is -0.481 e.